The Balaban J connectivity index is 2.15. The highest BCUT2D eigenvalue weighted by Gasteiger charge is 2.39. The van der Waals surface area contributed by atoms with E-state index in [0.717, 1.165) is 6.42 Å². The van der Waals surface area contributed by atoms with E-state index in [4.69, 9.17) is 10.8 Å². The number of unbranched alkanes of at least 4 members (excludes halogenated alkanes) is 1. The van der Waals surface area contributed by atoms with Crippen molar-refractivity contribution in [2.24, 2.45) is 11.7 Å². The van der Waals surface area contributed by atoms with Crippen molar-refractivity contribution in [1.82, 2.24) is 26.2 Å². The van der Waals surface area contributed by atoms with E-state index in [2.05, 4.69) is 21.3 Å². The Kier molecular flexibility index (Phi) is 14.0. The van der Waals surface area contributed by atoms with E-state index < -0.39 is 65.8 Å². The van der Waals surface area contributed by atoms with Crippen molar-refractivity contribution in [1.29, 1.82) is 0 Å². The zero-order valence-corrected chi connectivity index (χ0v) is 24.0. The number of likely N-dealkylation sites (tertiary alicyclic amines) is 1. The van der Waals surface area contributed by atoms with Crippen LogP contribution in [0.2, 0.25) is 0 Å². The van der Waals surface area contributed by atoms with Crippen LogP contribution >= 0.6 is 0 Å². The highest BCUT2D eigenvalue weighted by Crippen LogP contribution is 2.21. The number of aliphatic carboxylic acids is 2. The monoisotopic (exact) mass is 582 g/mol. The van der Waals surface area contributed by atoms with Gasteiger partial charge in [0.25, 0.3) is 0 Å². The maximum atomic E-state index is 13.7. The van der Waals surface area contributed by atoms with E-state index in [9.17, 15) is 33.9 Å². The molecule has 2 rings (SSSR count). The third kappa shape index (κ3) is 10.9. The number of rotatable bonds is 17. The molecule has 2 saturated heterocycles. The van der Waals surface area contributed by atoms with Gasteiger partial charge in [0.1, 0.15) is 24.2 Å². The van der Waals surface area contributed by atoms with Crippen LogP contribution in [-0.4, -0.2) is 101 Å². The van der Waals surface area contributed by atoms with Crippen LogP contribution in [-0.2, 0) is 28.8 Å². The number of hydrogen-bond acceptors (Lipinski definition) is 8. The predicted molar refractivity (Wildman–Crippen MR) is 148 cm³/mol. The van der Waals surface area contributed by atoms with Gasteiger partial charge >= 0.3 is 11.9 Å². The molecule has 0 spiro atoms. The number of amides is 4. The van der Waals surface area contributed by atoms with E-state index in [0.29, 0.717) is 45.2 Å². The van der Waals surface area contributed by atoms with Gasteiger partial charge in [-0.3, -0.25) is 24.0 Å². The van der Waals surface area contributed by atoms with Crippen LogP contribution in [0.1, 0.15) is 78.1 Å². The zero-order chi connectivity index (χ0) is 30.5. The van der Waals surface area contributed by atoms with Crippen LogP contribution in [0, 0.1) is 5.92 Å². The largest absolute Gasteiger partial charge is 0.481 e. The molecule has 0 aromatic rings. The SMILES string of the molecule is CC(C)C[C@H](NC(=O)[C@H](CCC(=O)O)NC(=O)[C@@H]1CCCN1)C(=O)N1CCC[C@H]1C(=O)N[C@@H](CCCCN)C(=O)O. The highest BCUT2D eigenvalue weighted by atomic mass is 16.4. The van der Waals surface area contributed by atoms with Crippen molar-refractivity contribution in [2.75, 3.05) is 19.6 Å². The maximum absolute atomic E-state index is 13.7. The van der Waals surface area contributed by atoms with Crippen LogP contribution in [0.4, 0.5) is 0 Å². The Labute approximate surface area is 240 Å². The first-order valence-electron chi connectivity index (χ1n) is 14.5. The smallest absolute Gasteiger partial charge is 0.326 e. The number of carbonyl (C=O) groups is 6. The standard InChI is InChI=1S/C27H46N6O8/c1-16(2)15-20(32-24(37)18(10-11-22(34)35)30-23(36)17-8-5-13-29-17)26(39)33-14-6-9-21(33)25(38)31-19(27(40)41)7-3-4-12-28/h16-21,29H,3-15,28H2,1-2H3,(H,30,36)(H,31,38)(H,32,37)(H,34,35)(H,40,41)/t17-,18-,19-,20-,21-/m0/s1. The molecular formula is C27H46N6O8. The van der Waals surface area contributed by atoms with Gasteiger partial charge in [-0.2, -0.15) is 0 Å². The average molecular weight is 583 g/mol. The van der Waals surface area contributed by atoms with Crippen LogP contribution in [0.5, 0.6) is 0 Å². The summed E-state index contributed by atoms with van der Waals surface area (Å²) in [4.78, 5) is 77.0. The lowest BCUT2D eigenvalue weighted by Crippen LogP contribution is -2.58. The summed E-state index contributed by atoms with van der Waals surface area (Å²) >= 11 is 0. The Morgan fingerprint density at radius 2 is 1.61 bits per heavy atom. The molecule has 4 amide bonds. The van der Waals surface area contributed by atoms with Crippen molar-refractivity contribution in [3.63, 3.8) is 0 Å². The second-order valence-electron chi connectivity index (χ2n) is 11.2. The summed E-state index contributed by atoms with van der Waals surface area (Å²) in [5, 5.41) is 29.6. The van der Waals surface area contributed by atoms with Crippen LogP contribution in [0.3, 0.4) is 0 Å². The zero-order valence-electron chi connectivity index (χ0n) is 24.0. The Morgan fingerprint density at radius 3 is 2.20 bits per heavy atom. The minimum atomic E-state index is -1.17. The molecule has 14 nitrogen and oxygen atoms in total. The Morgan fingerprint density at radius 1 is 0.902 bits per heavy atom. The fourth-order valence-corrected chi connectivity index (χ4v) is 5.20. The lowest BCUT2D eigenvalue weighted by Gasteiger charge is -2.31. The normalized spacial score (nSPS) is 20.7. The van der Waals surface area contributed by atoms with E-state index in [-0.39, 0.29) is 38.1 Å². The van der Waals surface area contributed by atoms with E-state index in [1.54, 1.807) is 0 Å². The molecule has 0 saturated carbocycles. The molecule has 232 valence electrons. The van der Waals surface area contributed by atoms with Crippen LogP contribution < -0.4 is 27.0 Å². The summed E-state index contributed by atoms with van der Waals surface area (Å²) in [7, 11) is 0. The third-order valence-electron chi connectivity index (χ3n) is 7.38. The lowest BCUT2D eigenvalue weighted by atomic mass is 10.0. The summed E-state index contributed by atoms with van der Waals surface area (Å²) in [6, 6.07) is -4.65. The molecule has 14 heteroatoms. The second-order valence-corrected chi connectivity index (χ2v) is 11.2. The van der Waals surface area contributed by atoms with Crippen molar-refractivity contribution in [3.05, 3.63) is 0 Å². The van der Waals surface area contributed by atoms with Gasteiger partial charge in [0.15, 0.2) is 0 Å². The van der Waals surface area contributed by atoms with Crippen LogP contribution in [0.25, 0.3) is 0 Å². The number of carboxylic acids is 2. The van der Waals surface area contributed by atoms with E-state index in [1.165, 1.54) is 4.90 Å². The summed E-state index contributed by atoms with van der Waals surface area (Å²) in [5.41, 5.74) is 5.48. The van der Waals surface area contributed by atoms with Gasteiger partial charge in [-0.05, 0) is 76.8 Å². The van der Waals surface area contributed by atoms with Crippen molar-refractivity contribution < 1.29 is 39.0 Å². The molecule has 2 aliphatic rings. The lowest BCUT2D eigenvalue weighted by molar-refractivity contribution is -0.145. The van der Waals surface area contributed by atoms with Crippen LogP contribution in [0.15, 0.2) is 0 Å². The molecule has 0 bridgehead atoms. The van der Waals surface area contributed by atoms with Gasteiger partial charge in [-0.25, -0.2) is 4.79 Å². The minimum absolute atomic E-state index is 0.0205. The van der Waals surface area contributed by atoms with Gasteiger partial charge in [-0.1, -0.05) is 13.8 Å². The van der Waals surface area contributed by atoms with Gasteiger partial charge in [0.05, 0.1) is 6.04 Å². The topological polar surface area (TPSA) is 220 Å². The van der Waals surface area contributed by atoms with Gasteiger partial charge < -0.3 is 42.1 Å². The molecule has 0 unspecified atom stereocenters. The van der Waals surface area contributed by atoms with Crippen molar-refractivity contribution in [2.45, 2.75) is 108 Å². The Bertz CT molecular complexity index is 939. The molecule has 0 aromatic heterocycles. The van der Waals surface area contributed by atoms with Gasteiger partial charge in [-0.15, -0.1) is 0 Å². The summed E-state index contributed by atoms with van der Waals surface area (Å²) in [6.45, 7) is 5.08. The fraction of sp³-hybridized carbons (Fsp3) is 0.778. The van der Waals surface area contributed by atoms with Crippen molar-refractivity contribution in [3.8, 4) is 0 Å². The summed E-state index contributed by atoms with van der Waals surface area (Å²) < 4.78 is 0. The van der Waals surface area contributed by atoms with E-state index >= 15 is 0 Å². The molecule has 0 aromatic carbocycles. The summed E-state index contributed by atoms with van der Waals surface area (Å²) in [5.74, 6) is -4.45. The first-order chi connectivity index (χ1) is 19.4. The van der Waals surface area contributed by atoms with Gasteiger partial charge in [0, 0.05) is 13.0 Å². The molecule has 2 heterocycles. The molecule has 41 heavy (non-hydrogen) atoms. The maximum Gasteiger partial charge on any atom is 0.326 e. The van der Waals surface area contributed by atoms with Crippen molar-refractivity contribution >= 4 is 35.6 Å². The molecule has 0 radical (unpaired) electrons. The molecule has 2 fully saturated rings. The number of carbonyl (C=O) groups excluding carboxylic acids is 4. The average Bonchev–Trinajstić information content (AvgIpc) is 3.62. The van der Waals surface area contributed by atoms with Gasteiger partial charge in [0.2, 0.25) is 23.6 Å². The predicted octanol–water partition coefficient (Wildman–Crippen LogP) is -0.692. The first-order valence-corrected chi connectivity index (χ1v) is 14.5. The number of nitrogens with two attached hydrogens (primary N) is 1. The molecule has 0 aliphatic carbocycles. The molecule has 8 N–H and O–H groups in total. The number of nitrogens with zero attached hydrogens (tertiary/aromatic N) is 1. The molecule has 2 aliphatic heterocycles. The number of nitrogens with one attached hydrogen (secondary N) is 4. The first kappa shape index (κ1) is 33.9. The highest BCUT2D eigenvalue weighted by molar-refractivity contribution is 5.96. The molecule has 5 atom stereocenters. The summed E-state index contributed by atoms with van der Waals surface area (Å²) in [6.07, 6.45) is 3.38. The quantitative estimate of drug-likeness (QED) is 0.107. The molecular weight excluding hydrogens is 536 g/mol. The third-order valence-corrected chi connectivity index (χ3v) is 7.38. The van der Waals surface area contributed by atoms with E-state index in [1.807, 2.05) is 13.8 Å². The second kappa shape index (κ2) is 16.9. The fourth-order valence-electron chi connectivity index (χ4n) is 5.20. The Hall–Kier alpha value is -3.26. The number of hydrogen-bond donors (Lipinski definition) is 7. The minimum Gasteiger partial charge on any atom is -0.481 e. The number of carboxylic acid groups (broad SMARTS) is 2.